The molecule has 25 heavy (non-hydrogen) atoms. The Morgan fingerprint density at radius 2 is 1.68 bits per heavy atom. The zero-order chi connectivity index (χ0) is 18.0. The quantitative estimate of drug-likeness (QED) is 0.489. The van der Waals surface area contributed by atoms with Gasteiger partial charge in [0, 0.05) is 18.6 Å². The van der Waals surface area contributed by atoms with E-state index in [9.17, 15) is 0 Å². The van der Waals surface area contributed by atoms with E-state index < -0.39 is 0 Å². The first-order chi connectivity index (χ1) is 12.0. The van der Waals surface area contributed by atoms with Gasteiger partial charge < -0.3 is 0 Å². The summed E-state index contributed by atoms with van der Waals surface area (Å²) in [4.78, 5) is 1.39. The summed E-state index contributed by atoms with van der Waals surface area (Å²) >= 11 is 1.83. The van der Waals surface area contributed by atoms with E-state index in [4.69, 9.17) is 0 Å². The van der Waals surface area contributed by atoms with Crippen LogP contribution in [0.5, 0.6) is 0 Å². The van der Waals surface area contributed by atoms with E-state index in [2.05, 4.69) is 93.2 Å². The molecule has 1 heterocycles. The number of nitrogens with zero attached hydrogens (tertiary/aromatic N) is 1. The number of aromatic nitrogens is 1. The van der Waals surface area contributed by atoms with Crippen LogP contribution in [0.3, 0.4) is 0 Å². The summed E-state index contributed by atoms with van der Waals surface area (Å²) in [6.07, 6.45) is 1.08. The smallest absolute Gasteiger partial charge is 0.154 e. The maximum Gasteiger partial charge on any atom is 0.231 e. The predicted octanol–water partition coefficient (Wildman–Crippen LogP) is 6.11. The molecule has 1 unspecified atom stereocenters. The van der Waals surface area contributed by atoms with Gasteiger partial charge in [-0.1, -0.05) is 74.6 Å². The van der Waals surface area contributed by atoms with Crippen LogP contribution in [0, 0.1) is 13.8 Å². The third kappa shape index (κ3) is 3.85. The van der Waals surface area contributed by atoms with Crippen LogP contribution in [0.4, 0.5) is 0 Å². The van der Waals surface area contributed by atoms with Gasteiger partial charge in [0.1, 0.15) is 0 Å². The molecule has 0 aliphatic carbocycles. The highest BCUT2D eigenvalue weighted by atomic mass is 32.1. The van der Waals surface area contributed by atoms with Crippen LogP contribution in [0.2, 0.25) is 0 Å². The molecule has 1 aromatic heterocycles. The molecule has 0 amide bonds. The highest BCUT2D eigenvalue weighted by Gasteiger charge is 2.22. The van der Waals surface area contributed by atoms with Crippen molar-refractivity contribution in [2.75, 3.05) is 0 Å². The van der Waals surface area contributed by atoms with E-state index in [1.807, 2.05) is 11.3 Å². The zero-order valence-corrected chi connectivity index (χ0v) is 16.7. The molecule has 0 bridgehead atoms. The Balaban J connectivity index is 1.99. The van der Waals surface area contributed by atoms with Crippen molar-refractivity contribution >= 4 is 11.3 Å². The van der Waals surface area contributed by atoms with Gasteiger partial charge in [0.15, 0.2) is 5.69 Å². The van der Waals surface area contributed by atoms with Crippen LogP contribution in [-0.4, -0.2) is 0 Å². The predicted molar refractivity (Wildman–Crippen MR) is 108 cm³/mol. The molecular weight excluding hydrogens is 322 g/mol. The fourth-order valence-electron chi connectivity index (χ4n) is 3.35. The van der Waals surface area contributed by atoms with Gasteiger partial charge in [0.05, 0.1) is 4.88 Å². The van der Waals surface area contributed by atoms with E-state index in [-0.39, 0.29) is 0 Å². The van der Waals surface area contributed by atoms with Crippen molar-refractivity contribution in [3.8, 4) is 5.69 Å². The van der Waals surface area contributed by atoms with Crippen LogP contribution in [0.25, 0.3) is 5.69 Å². The Hall–Kier alpha value is -1.93. The summed E-state index contributed by atoms with van der Waals surface area (Å²) in [5.74, 6) is 1.02. The topological polar surface area (TPSA) is 3.88 Å². The Morgan fingerprint density at radius 3 is 2.28 bits per heavy atom. The van der Waals surface area contributed by atoms with Crippen molar-refractivity contribution in [3.63, 3.8) is 0 Å². The second kappa shape index (κ2) is 7.53. The van der Waals surface area contributed by atoms with E-state index in [0.717, 1.165) is 6.42 Å². The highest BCUT2D eigenvalue weighted by molar-refractivity contribution is 7.09. The molecule has 0 aliphatic rings. The zero-order valence-electron chi connectivity index (χ0n) is 15.9. The van der Waals surface area contributed by atoms with Crippen LogP contribution < -0.4 is 4.57 Å². The lowest BCUT2D eigenvalue weighted by Gasteiger charge is -2.15. The number of hydrogen-bond donors (Lipinski definition) is 0. The van der Waals surface area contributed by atoms with E-state index in [0.29, 0.717) is 11.8 Å². The molecular formula is C23H28NS+. The molecule has 0 spiro atoms. The molecule has 0 radical (unpaired) electrons. The van der Waals surface area contributed by atoms with Crippen molar-refractivity contribution in [1.82, 2.24) is 0 Å². The number of aryl methyl sites for hydroxylation is 1. The largest absolute Gasteiger partial charge is 0.231 e. The second-order valence-electron chi connectivity index (χ2n) is 7.30. The highest BCUT2D eigenvalue weighted by Crippen LogP contribution is 2.27. The lowest BCUT2D eigenvalue weighted by atomic mass is 9.90. The van der Waals surface area contributed by atoms with Crippen LogP contribution >= 0.6 is 11.3 Å². The average Bonchev–Trinajstić information content (AvgIpc) is 2.94. The van der Waals surface area contributed by atoms with Crippen molar-refractivity contribution in [1.29, 1.82) is 0 Å². The number of benzene rings is 2. The van der Waals surface area contributed by atoms with Crippen LogP contribution in [0.1, 0.15) is 59.9 Å². The first-order valence-electron chi connectivity index (χ1n) is 9.12. The Morgan fingerprint density at radius 1 is 0.960 bits per heavy atom. The molecule has 1 atom stereocenters. The molecule has 0 fully saturated rings. The molecule has 1 nitrogen and oxygen atoms in total. The first kappa shape index (κ1) is 17.9. The van der Waals surface area contributed by atoms with Gasteiger partial charge >= 0.3 is 0 Å². The first-order valence-corrected chi connectivity index (χ1v) is 9.99. The van der Waals surface area contributed by atoms with Crippen molar-refractivity contribution < 1.29 is 4.57 Å². The summed E-state index contributed by atoms with van der Waals surface area (Å²) in [7, 11) is 0. The average molecular weight is 351 g/mol. The standard InChI is InChI=1S/C23H28NS/c1-16(2)22-12-11-21(17(3)13-20-9-7-6-8-10-20)14-23(22)24-15-25-19(5)18(24)4/h6-12,14-17H,13H2,1-5H3/q+1. The molecule has 0 saturated heterocycles. The molecule has 0 N–H and O–H groups in total. The van der Waals surface area contributed by atoms with Crippen molar-refractivity contribution in [3.05, 3.63) is 81.3 Å². The fraction of sp³-hybridized carbons (Fsp3) is 0.348. The molecule has 2 aromatic carbocycles. The van der Waals surface area contributed by atoms with Crippen LogP contribution in [0.15, 0.2) is 54.0 Å². The minimum atomic E-state index is 0.503. The molecule has 0 saturated carbocycles. The van der Waals surface area contributed by atoms with E-state index in [1.54, 1.807) is 0 Å². The summed E-state index contributed by atoms with van der Waals surface area (Å²) in [6, 6.07) is 17.8. The normalized spacial score (nSPS) is 12.6. The maximum atomic E-state index is 2.40. The van der Waals surface area contributed by atoms with Crippen LogP contribution in [-0.2, 0) is 6.42 Å². The molecule has 0 aliphatic heterocycles. The van der Waals surface area contributed by atoms with Gasteiger partial charge in [-0.25, -0.2) is 0 Å². The second-order valence-corrected chi connectivity index (χ2v) is 8.36. The monoisotopic (exact) mass is 350 g/mol. The van der Waals surface area contributed by atoms with Crippen molar-refractivity contribution in [2.24, 2.45) is 0 Å². The number of thiazole rings is 1. The fourth-order valence-corrected chi connectivity index (χ4v) is 4.16. The third-order valence-corrected chi connectivity index (χ3v) is 6.06. The summed E-state index contributed by atoms with van der Waals surface area (Å²) in [5, 5.41) is 0. The maximum absolute atomic E-state index is 2.40. The summed E-state index contributed by atoms with van der Waals surface area (Å²) < 4.78 is 2.37. The minimum Gasteiger partial charge on any atom is -0.154 e. The Kier molecular flexibility index (Phi) is 5.39. The lowest BCUT2D eigenvalue weighted by Crippen LogP contribution is -2.33. The SMILES string of the molecule is Cc1sc[n+](-c2cc(C(C)Cc3ccccc3)ccc2C(C)C)c1C. The molecule has 130 valence electrons. The van der Waals surface area contributed by atoms with E-state index >= 15 is 0 Å². The number of rotatable bonds is 5. The van der Waals surface area contributed by atoms with Gasteiger partial charge in [-0.2, -0.15) is 4.57 Å². The van der Waals surface area contributed by atoms with Gasteiger partial charge in [-0.05, 0) is 36.3 Å². The van der Waals surface area contributed by atoms with Gasteiger partial charge in [0.2, 0.25) is 11.2 Å². The van der Waals surface area contributed by atoms with Gasteiger partial charge in [-0.3, -0.25) is 0 Å². The van der Waals surface area contributed by atoms with E-state index in [1.165, 1.54) is 32.9 Å². The minimum absolute atomic E-state index is 0.503. The lowest BCUT2D eigenvalue weighted by molar-refractivity contribution is -0.598. The van der Waals surface area contributed by atoms with Gasteiger partial charge in [-0.15, -0.1) is 0 Å². The Labute approximate surface area is 156 Å². The van der Waals surface area contributed by atoms with Gasteiger partial charge in [0.25, 0.3) is 0 Å². The third-order valence-electron chi connectivity index (χ3n) is 5.10. The molecule has 2 heteroatoms. The molecule has 3 rings (SSSR count). The Bertz CT molecular complexity index is 846. The summed E-state index contributed by atoms with van der Waals surface area (Å²) in [5.41, 5.74) is 9.17. The van der Waals surface area contributed by atoms with Crippen molar-refractivity contribution in [2.45, 2.75) is 52.9 Å². The molecule has 3 aromatic rings. The number of hydrogen-bond acceptors (Lipinski definition) is 1. The summed E-state index contributed by atoms with van der Waals surface area (Å²) in [6.45, 7) is 11.3.